The van der Waals surface area contributed by atoms with Crippen molar-refractivity contribution in [3.63, 3.8) is 0 Å². The maximum atomic E-state index is 13.4. The van der Waals surface area contributed by atoms with Gasteiger partial charge in [0.15, 0.2) is 0 Å². The zero-order valence-corrected chi connectivity index (χ0v) is 19.1. The summed E-state index contributed by atoms with van der Waals surface area (Å²) >= 11 is 0. The first kappa shape index (κ1) is 22.5. The molecule has 160 valence electrons. The minimum atomic E-state index is -4.08. The Morgan fingerprint density at radius 1 is 0.903 bits per heavy atom. The number of rotatable bonds is 6. The minimum Gasteiger partial charge on any atom is -0.268 e. The molecule has 3 aromatic rings. The fraction of sp³-hybridized carbons (Fsp3) is 0.192. The van der Waals surface area contributed by atoms with Gasteiger partial charge in [-0.25, -0.2) is 8.42 Å². The number of nitrogens with zero attached hydrogens (tertiary/aromatic N) is 1. The van der Waals surface area contributed by atoms with E-state index in [1.165, 1.54) is 23.8 Å². The van der Waals surface area contributed by atoms with Gasteiger partial charge >= 0.3 is 0 Å². The lowest BCUT2D eigenvalue weighted by Crippen LogP contribution is -2.36. The Kier molecular flexibility index (Phi) is 6.76. The molecular formula is C26H27NO3S. The third kappa shape index (κ3) is 5.12. The Bertz CT molecular complexity index is 1200. The molecule has 0 aliphatic heterocycles. The number of anilines is 1. The third-order valence-electron chi connectivity index (χ3n) is 5.09. The number of benzene rings is 3. The van der Waals surface area contributed by atoms with Gasteiger partial charge in [0, 0.05) is 6.08 Å². The number of sulfonamides is 1. The van der Waals surface area contributed by atoms with Crippen molar-refractivity contribution in [1.82, 2.24) is 0 Å². The average molecular weight is 434 g/mol. The van der Waals surface area contributed by atoms with Crippen molar-refractivity contribution < 1.29 is 13.2 Å². The molecule has 3 rings (SSSR count). The second-order valence-electron chi connectivity index (χ2n) is 7.87. The molecule has 5 heteroatoms. The molecular weight excluding hydrogens is 406 g/mol. The van der Waals surface area contributed by atoms with Crippen molar-refractivity contribution in [2.24, 2.45) is 0 Å². The highest BCUT2D eigenvalue weighted by Gasteiger charge is 2.30. The van der Waals surface area contributed by atoms with Crippen LogP contribution in [0.4, 0.5) is 5.69 Å². The topological polar surface area (TPSA) is 54.5 Å². The number of amides is 1. The summed E-state index contributed by atoms with van der Waals surface area (Å²) in [6.45, 7) is 7.90. The van der Waals surface area contributed by atoms with Gasteiger partial charge in [-0.3, -0.25) is 4.79 Å². The maximum Gasteiger partial charge on any atom is 0.271 e. The second-order valence-corrected chi connectivity index (χ2v) is 9.65. The molecule has 1 amide bonds. The standard InChI is InChI=1S/C26H27NO3S/c1-19(2)23-15-12-22(13-16-23)14-17-26(28)27(25-18-20(3)10-11-21(25)4)31(29,30)24-8-6-5-7-9-24/h5-19H,1-4H3/b17-14+. The van der Waals surface area contributed by atoms with Gasteiger partial charge in [-0.1, -0.05) is 68.4 Å². The summed E-state index contributed by atoms with van der Waals surface area (Å²) in [5.74, 6) is -0.207. The fourth-order valence-electron chi connectivity index (χ4n) is 3.23. The van der Waals surface area contributed by atoms with Crippen molar-refractivity contribution in [1.29, 1.82) is 0 Å². The normalized spacial score (nSPS) is 11.8. The zero-order chi connectivity index (χ0) is 22.6. The lowest BCUT2D eigenvalue weighted by Gasteiger charge is -2.23. The van der Waals surface area contributed by atoms with Crippen LogP contribution in [0.1, 0.15) is 42.0 Å². The maximum absolute atomic E-state index is 13.4. The molecule has 0 aliphatic rings. The summed E-state index contributed by atoms with van der Waals surface area (Å²) in [6.07, 6.45) is 2.96. The Hall–Kier alpha value is -3.18. The summed E-state index contributed by atoms with van der Waals surface area (Å²) in [4.78, 5) is 13.3. The number of carbonyl (C=O) groups excluding carboxylic acids is 1. The molecule has 4 nitrogen and oxygen atoms in total. The smallest absolute Gasteiger partial charge is 0.268 e. The number of carbonyl (C=O) groups is 1. The molecule has 0 N–H and O–H groups in total. The molecule has 0 bridgehead atoms. The predicted octanol–water partition coefficient (Wildman–Crippen LogP) is 5.86. The van der Waals surface area contributed by atoms with Gasteiger partial charge in [0.2, 0.25) is 0 Å². The Balaban J connectivity index is 2.04. The summed E-state index contributed by atoms with van der Waals surface area (Å²) in [5, 5.41) is 0. The number of hydrogen-bond acceptors (Lipinski definition) is 3. The number of hydrogen-bond donors (Lipinski definition) is 0. The molecule has 0 saturated carbocycles. The summed E-state index contributed by atoms with van der Waals surface area (Å²) in [6, 6.07) is 21.3. The van der Waals surface area contributed by atoms with Crippen molar-refractivity contribution in [2.75, 3.05) is 4.31 Å². The summed E-state index contributed by atoms with van der Waals surface area (Å²) in [7, 11) is -4.08. The highest BCUT2D eigenvalue weighted by molar-refractivity contribution is 7.93. The minimum absolute atomic E-state index is 0.0685. The van der Waals surface area contributed by atoms with E-state index >= 15 is 0 Å². The van der Waals surface area contributed by atoms with Crippen LogP contribution >= 0.6 is 0 Å². The van der Waals surface area contributed by atoms with Crippen LogP contribution in [0.15, 0.2) is 83.8 Å². The van der Waals surface area contributed by atoms with E-state index in [1.54, 1.807) is 37.3 Å². The van der Waals surface area contributed by atoms with E-state index < -0.39 is 15.9 Å². The quantitative estimate of drug-likeness (QED) is 0.457. The van der Waals surface area contributed by atoms with E-state index in [4.69, 9.17) is 0 Å². The van der Waals surface area contributed by atoms with Gasteiger partial charge in [0.25, 0.3) is 15.9 Å². The van der Waals surface area contributed by atoms with Crippen LogP contribution in [0.25, 0.3) is 6.08 Å². The lowest BCUT2D eigenvalue weighted by molar-refractivity contribution is -0.113. The molecule has 0 aliphatic carbocycles. The molecule has 0 radical (unpaired) electrons. The van der Waals surface area contributed by atoms with E-state index in [-0.39, 0.29) is 4.90 Å². The van der Waals surface area contributed by atoms with Crippen molar-refractivity contribution >= 4 is 27.7 Å². The zero-order valence-electron chi connectivity index (χ0n) is 18.2. The third-order valence-corrected chi connectivity index (χ3v) is 6.81. The van der Waals surface area contributed by atoms with Crippen LogP contribution in [-0.2, 0) is 14.8 Å². The van der Waals surface area contributed by atoms with Crippen LogP contribution in [-0.4, -0.2) is 14.3 Å². The van der Waals surface area contributed by atoms with Crippen LogP contribution in [0.3, 0.4) is 0 Å². The molecule has 31 heavy (non-hydrogen) atoms. The van der Waals surface area contributed by atoms with Crippen molar-refractivity contribution in [3.8, 4) is 0 Å². The molecule has 0 saturated heterocycles. The largest absolute Gasteiger partial charge is 0.271 e. The van der Waals surface area contributed by atoms with Crippen LogP contribution in [0.2, 0.25) is 0 Å². The summed E-state index contributed by atoms with van der Waals surface area (Å²) in [5.41, 5.74) is 3.96. The van der Waals surface area contributed by atoms with Crippen LogP contribution in [0, 0.1) is 13.8 Å². The van der Waals surface area contributed by atoms with Gasteiger partial charge < -0.3 is 0 Å². The Morgan fingerprint density at radius 3 is 2.16 bits per heavy atom. The Morgan fingerprint density at radius 2 is 1.55 bits per heavy atom. The highest BCUT2D eigenvalue weighted by atomic mass is 32.2. The average Bonchev–Trinajstić information content (AvgIpc) is 2.75. The van der Waals surface area contributed by atoms with Crippen molar-refractivity contribution in [2.45, 2.75) is 38.5 Å². The second kappa shape index (κ2) is 9.31. The first-order valence-corrected chi connectivity index (χ1v) is 11.6. The molecule has 0 atom stereocenters. The first-order chi connectivity index (χ1) is 14.7. The Labute approximate surface area is 184 Å². The van der Waals surface area contributed by atoms with Gasteiger partial charge in [0.05, 0.1) is 10.6 Å². The molecule has 0 fully saturated rings. The SMILES string of the molecule is Cc1ccc(C)c(N(C(=O)/C=C/c2ccc(C(C)C)cc2)S(=O)(=O)c2ccccc2)c1. The highest BCUT2D eigenvalue weighted by Crippen LogP contribution is 2.28. The van der Waals surface area contributed by atoms with E-state index in [1.807, 2.05) is 43.3 Å². The van der Waals surface area contributed by atoms with E-state index in [9.17, 15) is 13.2 Å². The van der Waals surface area contributed by atoms with Gasteiger partial charge in [-0.2, -0.15) is 4.31 Å². The van der Waals surface area contributed by atoms with Crippen molar-refractivity contribution in [3.05, 3.63) is 101 Å². The van der Waals surface area contributed by atoms with Gasteiger partial charge in [-0.05, 0) is 66.3 Å². The lowest BCUT2D eigenvalue weighted by atomic mass is 10.0. The number of aryl methyl sites for hydroxylation is 2. The molecule has 0 unspecified atom stereocenters. The monoisotopic (exact) mass is 433 g/mol. The van der Waals surface area contributed by atoms with Gasteiger partial charge in [0.1, 0.15) is 0 Å². The fourth-order valence-corrected chi connectivity index (χ4v) is 4.70. The first-order valence-electron chi connectivity index (χ1n) is 10.2. The predicted molar refractivity (Wildman–Crippen MR) is 127 cm³/mol. The van der Waals surface area contributed by atoms with Gasteiger partial charge in [-0.15, -0.1) is 0 Å². The van der Waals surface area contributed by atoms with E-state index in [2.05, 4.69) is 13.8 Å². The molecule has 0 heterocycles. The molecule has 3 aromatic carbocycles. The molecule has 0 spiro atoms. The van der Waals surface area contributed by atoms with E-state index in [0.29, 0.717) is 17.2 Å². The summed E-state index contributed by atoms with van der Waals surface area (Å²) < 4.78 is 27.8. The van der Waals surface area contributed by atoms with Crippen LogP contribution < -0.4 is 4.31 Å². The van der Waals surface area contributed by atoms with E-state index in [0.717, 1.165) is 15.4 Å². The molecule has 0 aromatic heterocycles. The van der Waals surface area contributed by atoms with Crippen LogP contribution in [0.5, 0.6) is 0 Å².